The van der Waals surface area contributed by atoms with E-state index < -0.39 is 12.1 Å². The molecule has 7 heteroatoms. The number of aliphatic hydroxyl groups excluding tert-OH is 3. The lowest BCUT2D eigenvalue weighted by molar-refractivity contribution is 0.132. The molecule has 4 N–H and O–H groups in total. The summed E-state index contributed by atoms with van der Waals surface area (Å²) >= 11 is 9.27. The van der Waals surface area contributed by atoms with Gasteiger partial charge < -0.3 is 25.4 Å². The molecule has 1 unspecified atom stereocenters. The topological polar surface area (TPSA) is 82.0 Å². The van der Waals surface area contributed by atoms with E-state index in [0.717, 1.165) is 10.0 Å². The summed E-state index contributed by atoms with van der Waals surface area (Å²) < 4.78 is 6.67. The maximum atomic E-state index is 10.5. The minimum atomic E-state index is -0.849. The van der Waals surface area contributed by atoms with Crippen molar-refractivity contribution in [2.24, 2.45) is 0 Å². The number of rotatable bonds is 9. The van der Waals surface area contributed by atoms with Crippen molar-refractivity contribution in [3.05, 3.63) is 63.1 Å². The van der Waals surface area contributed by atoms with Crippen molar-refractivity contribution in [1.29, 1.82) is 0 Å². The zero-order valence-corrected chi connectivity index (χ0v) is 15.9. The first-order chi connectivity index (χ1) is 12.0. The van der Waals surface area contributed by atoms with E-state index in [9.17, 15) is 5.11 Å². The monoisotopic (exact) mass is 429 g/mol. The predicted octanol–water partition coefficient (Wildman–Crippen LogP) is 2.66. The van der Waals surface area contributed by atoms with Gasteiger partial charge in [-0.05, 0) is 35.9 Å². The van der Waals surface area contributed by atoms with E-state index in [2.05, 4.69) is 21.2 Å². The average molecular weight is 431 g/mol. The molecule has 0 spiro atoms. The molecule has 2 aromatic carbocycles. The first-order valence-electron chi connectivity index (χ1n) is 7.83. The summed E-state index contributed by atoms with van der Waals surface area (Å²) in [4.78, 5) is 0. The third-order valence-electron chi connectivity index (χ3n) is 3.68. The van der Waals surface area contributed by atoms with Crippen LogP contribution in [-0.4, -0.2) is 41.1 Å². The van der Waals surface area contributed by atoms with Crippen LogP contribution < -0.4 is 10.1 Å². The molecule has 0 radical (unpaired) electrons. The lowest BCUT2D eigenvalue weighted by atomic mass is 10.1. The van der Waals surface area contributed by atoms with Crippen molar-refractivity contribution in [3.63, 3.8) is 0 Å². The van der Waals surface area contributed by atoms with Gasteiger partial charge in [-0.15, -0.1) is 0 Å². The van der Waals surface area contributed by atoms with Gasteiger partial charge in [0.15, 0.2) is 0 Å². The molecule has 0 amide bonds. The second-order valence-electron chi connectivity index (χ2n) is 5.58. The van der Waals surface area contributed by atoms with Crippen molar-refractivity contribution in [3.8, 4) is 5.75 Å². The van der Waals surface area contributed by atoms with E-state index in [0.29, 0.717) is 22.9 Å². The van der Waals surface area contributed by atoms with Crippen molar-refractivity contribution >= 4 is 27.5 Å². The molecule has 0 heterocycles. The molecule has 0 fully saturated rings. The van der Waals surface area contributed by atoms with Gasteiger partial charge in [0, 0.05) is 21.6 Å². The van der Waals surface area contributed by atoms with Crippen LogP contribution in [0.4, 0.5) is 0 Å². The largest absolute Gasteiger partial charge is 0.489 e. The van der Waals surface area contributed by atoms with Crippen molar-refractivity contribution in [1.82, 2.24) is 5.32 Å². The van der Waals surface area contributed by atoms with Crippen LogP contribution in [0.15, 0.2) is 46.9 Å². The van der Waals surface area contributed by atoms with Crippen LogP contribution in [-0.2, 0) is 6.61 Å². The average Bonchev–Trinajstić information content (AvgIpc) is 2.62. The smallest absolute Gasteiger partial charge is 0.125 e. The van der Waals surface area contributed by atoms with Gasteiger partial charge in [0.05, 0.1) is 25.4 Å². The molecule has 0 saturated heterocycles. The predicted molar refractivity (Wildman–Crippen MR) is 101 cm³/mol. The fourth-order valence-electron chi connectivity index (χ4n) is 2.23. The Hall–Kier alpha value is -1.15. The number of hydrogen-bond acceptors (Lipinski definition) is 5. The molecule has 25 heavy (non-hydrogen) atoms. The van der Waals surface area contributed by atoms with Crippen LogP contribution >= 0.6 is 27.5 Å². The number of nitrogens with one attached hydrogen (secondary N) is 1. The highest BCUT2D eigenvalue weighted by molar-refractivity contribution is 9.10. The molecule has 136 valence electrons. The first-order valence-corrected chi connectivity index (χ1v) is 9.00. The minimum absolute atomic E-state index is 0.180. The van der Waals surface area contributed by atoms with E-state index in [1.54, 1.807) is 24.3 Å². The number of hydrogen-bond donors (Lipinski definition) is 4. The van der Waals surface area contributed by atoms with E-state index >= 15 is 0 Å². The summed E-state index contributed by atoms with van der Waals surface area (Å²) in [7, 11) is 0. The van der Waals surface area contributed by atoms with Crippen LogP contribution in [0.3, 0.4) is 0 Å². The van der Waals surface area contributed by atoms with Crippen molar-refractivity contribution < 1.29 is 20.1 Å². The second kappa shape index (κ2) is 10.1. The van der Waals surface area contributed by atoms with Crippen LogP contribution in [0.1, 0.15) is 17.2 Å². The van der Waals surface area contributed by atoms with Crippen LogP contribution in [0, 0.1) is 0 Å². The number of halogens is 2. The summed E-state index contributed by atoms with van der Waals surface area (Å²) in [5, 5.41) is 32.2. The third kappa shape index (κ3) is 6.26. The van der Waals surface area contributed by atoms with Gasteiger partial charge in [-0.1, -0.05) is 39.7 Å². The standard InChI is InChI=1S/C18H21BrClNO4/c19-13-3-6-18(25-11-12-1-4-14(20)5-2-12)16(7-13)17(24)8-21-15(9-22)10-23/h1-7,15,17,21-24H,8-11H2. The Bertz CT molecular complexity index is 665. The van der Waals surface area contributed by atoms with Gasteiger partial charge in [-0.25, -0.2) is 0 Å². The molecule has 0 saturated carbocycles. The normalized spacial score (nSPS) is 12.4. The molecule has 0 bridgehead atoms. The lowest BCUT2D eigenvalue weighted by Gasteiger charge is -2.20. The summed E-state index contributed by atoms with van der Waals surface area (Å²) in [5.74, 6) is 0.567. The van der Waals surface area contributed by atoms with E-state index in [-0.39, 0.29) is 19.8 Å². The zero-order chi connectivity index (χ0) is 18.2. The fourth-order valence-corrected chi connectivity index (χ4v) is 2.73. The Morgan fingerprint density at radius 3 is 2.40 bits per heavy atom. The first kappa shape index (κ1) is 20.2. The van der Waals surface area contributed by atoms with E-state index in [1.807, 2.05) is 18.2 Å². The summed E-state index contributed by atoms with van der Waals surface area (Å²) in [6, 6.07) is 12.3. The third-order valence-corrected chi connectivity index (χ3v) is 4.42. The molecule has 0 aromatic heterocycles. The Morgan fingerprint density at radius 1 is 1.08 bits per heavy atom. The number of aliphatic hydroxyl groups is 3. The Kier molecular flexibility index (Phi) is 8.15. The molecule has 5 nitrogen and oxygen atoms in total. The molecular weight excluding hydrogens is 410 g/mol. The molecule has 0 aliphatic carbocycles. The SMILES string of the molecule is OCC(CO)NCC(O)c1cc(Br)ccc1OCc1ccc(Cl)cc1. The van der Waals surface area contributed by atoms with Gasteiger partial charge in [0.25, 0.3) is 0 Å². The fraction of sp³-hybridized carbons (Fsp3) is 0.333. The Balaban J connectivity index is 2.06. The summed E-state index contributed by atoms with van der Waals surface area (Å²) in [6.07, 6.45) is -0.849. The Labute approximate surface area is 160 Å². The number of benzene rings is 2. The molecule has 2 rings (SSSR count). The van der Waals surface area contributed by atoms with E-state index in [1.165, 1.54) is 0 Å². The molecule has 1 atom stereocenters. The molecule has 0 aliphatic heterocycles. The van der Waals surface area contributed by atoms with Gasteiger partial charge in [-0.3, -0.25) is 0 Å². The highest BCUT2D eigenvalue weighted by Gasteiger charge is 2.16. The highest BCUT2D eigenvalue weighted by Crippen LogP contribution is 2.29. The van der Waals surface area contributed by atoms with Crippen molar-refractivity contribution in [2.45, 2.75) is 18.8 Å². The van der Waals surface area contributed by atoms with E-state index in [4.69, 9.17) is 26.6 Å². The maximum Gasteiger partial charge on any atom is 0.125 e. The van der Waals surface area contributed by atoms with Crippen molar-refractivity contribution in [2.75, 3.05) is 19.8 Å². The van der Waals surface area contributed by atoms with Gasteiger partial charge >= 0.3 is 0 Å². The number of ether oxygens (including phenoxy) is 1. The summed E-state index contributed by atoms with van der Waals surface area (Å²) in [6.45, 7) is 0.116. The lowest BCUT2D eigenvalue weighted by Crippen LogP contribution is -2.38. The quantitative estimate of drug-likeness (QED) is 0.492. The van der Waals surface area contributed by atoms with Gasteiger partial charge in [0.2, 0.25) is 0 Å². The zero-order valence-electron chi connectivity index (χ0n) is 13.5. The van der Waals surface area contributed by atoms with Crippen LogP contribution in [0.25, 0.3) is 0 Å². The van der Waals surface area contributed by atoms with Gasteiger partial charge in [0.1, 0.15) is 12.4 Å². The maximum absolute atomic E-state index is 10.5. The second-order valence-corrected chi connectivity index (χ2v) is 6.94. The summed E-state index contributed by atoms with van der Waals surface area (Å²) in [5.41, 5.74) is 1.58. The van der Waals surface area contributed by atoms with Gasteiger partial charge in [-0.2, -0.15) is 0 Å². The molecule has 0 aliphatic rings. The Morgan fingerprint density at radius 2 is 1.76 bits per heavy atom. The van der Waals surface area contributed by atoms with Crippen LogP contribution in [0.5, 0.6) is 5.75 Å². The minimum Gasteiger partial charge on any atom is -0.489 e. The molecule has 2 aromatic rings. The molecular formula is C18H21BrClNO4. The van der Waals surface area contributed by atoms with Crippen LogP contribution in [0.2, 0.25) is 5.02 Å². The highest BCUT2D eigenvalue weighted by atomic mass is 79.9.